The van der Waals surface area contributed by atoms with Crippen LogP contribution < -0.4 is 0 Å². The van der Waals surface area contributed by atoms with Gasteiger partial charge in [0.1, 0.15) is 5.84 Å². The Morgan fingerprint density at radius 3 is 2.64 bits per heavy atom. The Labute approximate surface area is 229 Å². The quantitative estimate of drug-likeness (QED) is 0.605. The molecule has 8 nitrogen and oxygen atoms in total. The summed E-state index contributed by atoms with van der Waals surface area (Å²) < 4.78 is 0. The fourth-order valence-electron chi connectivity index (χ4n) is 7.69. The zero-order valence-corrected chi connectivity index (χ0v) is 23.3. The average Bonchev–Trinajstić information content (AvgIpc) is 3.56. The van der Waals surface area contributed by atoms with Gasteiger partial charge in [0.15, 0.2) is 0 Å². The van der Waals surface area contributed by atoms with Gasteiger partial charge in [0.2, 0.25) is 5.91 Å². The lowest BCUT2D eigenvalue weighted by atomic mass is 9.50. The van der Waals surface area contributed by atoms with Crippen LogP contribution in [0.3, 0.4) is 0 Å². The van der Waals surface area contributed by atoms with Crippen LogP contribution in [0.25, 0.3) is 11.0 Å². The zero-order chi connectivity index (χ0) is 27.1. The number of likely N-dealkylation sites (tertiary alicyclic amines) is 2. The van der Waals surface area contributed by atoms with Gasteiger partial charge in [-0.25, -0.2) is 15.0 Å². The molecule has 1 N–H and O–H groups in total. The number of allylic oxidation sites excluding steroid dienone is 3. The van der Waals surface area contributed by atoms with Crippen molar-refractivity contribution >= 4 is 34.4 Å². The van der Waals surface area contributed by atoms with Gasteiger partial charge in [0.25, 0.3) is 5.91 Å². The predicted molar refractivity (Wildman–Crippen MR) is 152 cm³/mol. The van der Waals surface area contributed by atoms with Gasteiger partial charge in [0, 0.05) is 55.9 Å². The summed E-state index contributed by atoms with van der Waals surface area (Å²) in [6.07, 6.45) is 8.43. The number of carbonyl (C=O) groups excluding carboxylic acids is 2. The smallest absolute Gasteiger partial charge is 0.254 e. The summed E-state index contributed by atoms with van der Waals surface area (Å²) in [4.78, 5) is 47.2. The van der Waals surface area contributed by atoms with Crippen molar-refractivity contribution in [2.45, 2.75) is 65.8 Å². The number of H-pyrrole nitrogens is 1. The van der Waals surface area contributed by atoms with Crippen molar-refractivity contribution in [3.8, 4) is 0 Å². The Morgan fingerprint density at radius 2 is 1.87 bits per heavy atom. The third-order valence-electron chi connectivity index (χ3n) is 10.6. The number of aliphatic imine (C=N–C) groups is 2. The third kappa shape index (κ3) is 3.60. The van der Waals surface area contributed by atoms with Crippen molar-refractivity contribution in [2.75, 3.05) is 19.6 Å². The summed E-state index contributed by atoms with van der Waals surface area (Å²) >= 11 is 0. The zero-order valence-electron chi connectivity index (χ0n) is 23.3. The molecule has 39 heavy (non-hydrogen) atoms. The number of amides is 2. The van der Waals surface area contributed by atoms with Crippen LogP contribution >= 0.6 is 0 Å². The minimum Gasteiger partial charge on any atom is -0.345 e. The van der Waals surface area contributed by atoms with Crippen LogP contribution in [0.2, 0.25) is 0 Å². The number of imidazole rings is 1. The van der Waals surface area contributed by atoms with Gasteiger partial charge < -0.3 is 14.8 Å². The highest BCUT2D eigenvalue weighted by atomic mass is 16.2. The van der Waals surface area contributed by atoms with Crippen LogP contribution in [0.1, 0.15) is 70.2 Å². The second-order valence-corrected chi connectivity index (χ2v) is 12.7. The van der Waals surface area contributed by atoms with Gasteiger partial charge in [0.05, 0.1) is 28.8 Å². The fourth-order valence-corrected chi connectivity index (χ4v) is 7.69. The molecule has 8 heteroatoms. The number of piperidine rings is 2. The molecule has 0 saturated carbocycles. The predicted octanol–water partition coefficient (Wildman–Crippen LogP) is 4.91. The van der Waals surface area contributed by atoms with Crippen LogP contribution in [0.4, 0.5) is 0 Å². The molecule has 202 valence electrons. The molecule has 0 spiro atoms. The number of aromatic amines is 1. The van der Waals surface area contributed by atoms with E-state index in [1.165, 1.54) is 11.1 Å². The molecule has 5 aliphatic rings. The Balaban J connectivity index is 1.16. The molecule has 2 saturated heterocycles. The lowest BCUT2D eigenvalue weighted by Gasteiger charge is -2.61. The Hall–Kier alpha value is -3.55. The standard InChI is InChI=1S/C31H36N6O2/c1-18(38)36-10-7-19(8-11-36)28-34-25-14-21-15-27-30(2,3)31(4,22(21)16-26(25)35-28)9-12-37(27)29(39)20-5-6-23-24(13-20)33-17-32-23/h5-6,13,16-17,19,27H,7-12,14-15H2,1-4H3,(H,32,33)/t27-,31+/m1/s1. The average molecular weight is 525 g/mol. The molecule has 4 heterocycles. The number of hydrogen-bond acceptors (Lipinski definition) is 5. The molecular weight excluding hydrogens is 488 g/mol. The number of fused-ring (bicyclic) bond motifs is 5. The van der Waals surface area contributed by atoms with E-state index in [9.17, 15) is 9.59 Å². The third-order valence-corrected chi connectivity index (χ3v) is 10.6. The Kier molecular flexibility index (Phi) is 5.32. The molecular formula is C31H36N6O2. The largest absolute Gasteiger partial charge is 0.345 e. The van der Waals surface area contributed by atoms with E-state index in [4.69, 9.17) is 9.98 Å². The van der Waals surface area contributed by atoms with E-state index in [-0.39, 0.29) is 28.7 Å². The summed E-state index contributed by atoms with van der Waals surface area (Å²) in [5.74, 6) is 1.50. The molecule has 1 aromatic carbocycles. The van der Waals surface area contributed by atoms with Crippen LogP contribution in [-0.2, 0) is 4.79 Å². The Bertz CT molecular complexity index is 1530. The highest BCUT2D eigenvalue weighted by Crippen LogP contribution is 2.61. The van der Waals surface area contributed by atoms with Crippen LogP contribution in [0.5, 0.6) is 0 Å². The number of carbonyl (C=O) groups is 2. The second kappa shape index (κ2) is 8.47. The first-order valence-corrected chi connectivity index (χ1v) is 14.3. The maximum atomic E-state index is 13.9. The molecule has 0 unspecified atom stereocenters. The number of aromatic nitrogens is 2. The summed E-state index contributed by atoms with van der Waals surface area (Å²) in [5.41, 5.74) is 7.27. The molecule has 2 fully saturated rings. The summed E-state index contributed by atoms with van der Waals surface area (Å²) in [5, 5.41) is 0. The van der Waals surface area contributed by atoms with Gasteiger partial charge in [-0.1, -0.05) is 26.3 Å². The first kappa shape index (κ1) is 24.5. The van der Waals surface area contributed by atoms with Gasteiger partial charge in [-0.2, -0.15) is 0 Å². The van der Waals surface area contributed by atoms with E-state index in [2.05, 4.69) is 41.7 Å². The van der Waals surface area contributed by atoms with Gasteiger partial charge in [-0.15, -0.1) is 0 Å². The van der Waals surface area contributed by atoms with Crippen LogP contribution in [0.15, 0.2) is 57.4 Å². The molecule has 2 aliphatic carbocycles. The first-order valence-electron chi connectivity index (χ1n) is 14.3. The monoisotopic (exact) mass is 524 g/mol. The van der Waals surface area contributed by atoms with E-state index in [1.807, 2.05) is 23.1 Å². The lowest BCUT2D eigenvalue weighted by Crippen LogP contribution is -2.62. The van der Waals surface area contributed by atoms with Crippen molar-refractivity contribution < 1.29 is 9.59 Å². The van der Waals surface area contributed by atoms with E-state index < -0.39 is 0 Å². The highest BCUT2D eigenvalue weighted by Gasteiger charge is 2.58. The molecule has 1 aromatic heterocycles. The minimum absolute atomic E-state index is 0.0427. The van der Waals surface area contributed by atoms with Crippen molar-refractivity contribution in [1.29, 1.82) is 0 Å². The van der Waals surface area contributed by atoms with E-state index in [0.717, 1.165) is 80.0 Å². The Morgan fingerprint density at radius 1 is 1.08 bits per heavy atom. The maximum absolute atomic E-state index is 13.9. The van der Waals surface area contributed by atoms with Crippen molar-refractivity contribution in [2.24, 2.45) is 26.7 Å². The number of nitrogens with zero attached hydrogens (tertiary/aromatic N) is 5. The molecule has 7 rings (SSSR count). The molecule has 2 aromatic rings. The highest BCUT2D eigenvalue weighted by molar-refractivity contribution is 6.15. The summed E-state index contributed by atoms with van der Waals surface area (Å²) in [6.45, 7) is 11.0. The SMILES string of the molecule is CC(=O)N1CCC(C2=NC3=CC4=C(CC3=N2)C[C@H]2N(C(=O)c3ccc5nc[nH]c5c3)CC[C@]4(C)C2(C)C)CC1. The molecule has 2 amide bonds. The molecule has 2 bridgehead atoms. The van der Waals surface area contributed by atoms with E-state index >= 15 is 0 Å². The number of benzene rings is 1. The first-order chi connectivity index (χ1) is 18.7. The topological polar surface area (TPSA) is 94.0 Å². The number of nitrogens with one attached hydrogen (secondary N) is 1. The number of amidine groups is 1. The van der Waals surface area contributed by atoms with Gasteiger partial charge in [-0.3, -0.25) is 9.59 Å². The summed E-state index contributed by atoms with van der Waals surface area (Å²) in [6, 6.07) is 5.88. The second-order valence-electron chi connectivity index (χ2n) is 12.7. The molecule has 3 aliphatic heterocycles. The van der Waals surface area contributed by atoms with E-state index in [1.54, 1.807) is 13.3 Å². The molecule has 2 atom stereocenters. The maximum Gasteiger partial charge on any atom is 0.254 e. The van der Waals surface area contributed by atoms with Crippen molar-refractivity contribution in [3.63, 3.8) is 0 Å². The van der Waals surface area contributed by atoms with Crippen molar-refractivity contribution in [1.82, 2.24) is 19.8 Å². The normalized spacial score (nSPS) is 28.1. The van der Waals surface area contributed by atoms with Gasteiger partial charge in [-0.05, 0) is 60.9 Å². The molecule has 0 radical (unpaired) electrons. The number of rotatable bonds is 2. The van der Waals surface area contributed by atoms with Crippen LogP contribution in [0, 0.1) is 16.7 Å². The minimum atomic E-state index is -0.0891. The van der Waals surface area contributed by atoms with Crippen LogP contribution in [-0.4, -0.2) is 68.8 Å². The fraction of sp³-hybridized carbons (Fsp3) is 0.516. The van der Waals surface area contributed by atoms with E-state index in [0.29, 0.717) is 11.5 Å². The lowest BCUT2D eigenvalue weighted by molar-refractivity contribution is -0.129. The number of hydrogen-bond donors (Lipinski definition) is 1. The summed E-state index contributed by atoms with van der Waals surface area (Å²) in [7, 11) is 0. The van der Waals surface area contributed by atoms with Crippen molar-refractivity contribution in [3.05, 3.63) is 53.0 Å². The van der Waals surface area contributed by atoms with Gasteiger partial charge >= 0.3 is 0 Å².